The van der Waals surface area contributed by atoms with E-state index in [-0.39, 0.29) is 12.4 Å². The van der Waals surface area contributed by atoms with E-state index in [0.717, 1.165) is 0 Å². The molecule has 0 bridgehead atoms. The second kappa shape index (κ2) is 9.16. The lowest BCUT2D eigenvalue weighted by Crippen LogP contribution is -2.50. The van der Waals surface area contributed by atoms with Crippen LogP contribution in [0.1, 0.15) is 6.92 Å². The van der Waals surface area contributed by atoms with Crippen LogP contribution in [0.4, 0.5) is 19.3 Å². The molecule has 0 aromatic heterocycles. The number of nitrogens with one attached hydrogen (secondary N) is 3. The first-order chi connectivity index (χ1) is 9.84. The summed E-state index contributed by atoms with van der Waals surface area (Å²) in [5.74, 6) is -3.88. The van der Waals surface area contributed by atoms with Gasteiger partial charge in [-0.15, -0.1) is 12.4 Å². The lowest BCUT2D eigenvalue weighted by molar-refractivity contribution is -0.124. The van der Waals surface area contributed by atoms with Gasteiger partial charge in [0.2, 0.25) is 5.91 Å². The van der Waals surface area contributed by atoms with Crippen molar-refractivity contribution in [2.75, 3.05) is 18.4 Å². The highest BCUT2D eigenvalue weighted by atomic mass is 35.5. The molecule has 3 amide bonds. The van der Waals surface area contributed by atoms with E-state index in [0.29, 0.717) is 5.69 Å². The van der Waals surface area contributed by atoms with Gasteiger partial charge in [0.25, 0.3) is 5.92 Å². The Labute approximate surface area is 133 Å². The summed E-state index contributed by atoms with van der Waals surface area (Å²) in [4.78, 5) is 23.2. The van der Waals surface area contributed by atoms with Gasteiger partial charge in [-0.25, -0.2) is 13.6 Å². The lowest BCUT2D eigenvalue weighted by Gasteiger charge is -2.18. The number of halogens is 3. The molecule has 0 saturated heterocycles. The zero-order chi connectivity index (χ0) is 15.9. The summed E-state index contributed by atoms with van der Waals surface area (Å²) in [5.41, 5.74) is 5.41. The van der Waals surface area contributed by atoms with Gasteiger partial charge in [0, 0.05) is 5.69 Å². The number of nitrogens with two attached hydrogens (primary N) is 1. The molecule has 0 spiro atoms. The van der Waals surface area contributed by atoms with Crippen LogP contribution in [0.2, 0.25) is 0 Å². The second-order valence-electron chi connectivity index (χ2n) is 4.46. The van der Waals surface area contributed by atoms with Crippen LogP contribution < -0.4 is 21.7 Å². The number of hydrogen-bond acceptors (Lipinski definition) is 3. The molecule has 1 aromatic rings. The Bertz CT molecular complexity index is 488. The molecule has 1 unspecified atom stereocenters. The molecule has 0 fully saturated rings. The van der Waals surface area contributed by atoms with E-state index in [9.17, 15) is 18.4 Å². The summed E-state index contributed by atoms with van der Waals surface area (Å²) in [6, 6.07) is 7.05. The number of hydrogen-bond donors (Lipinski definition) is 4. The van der Waals surface area contributed by atoms with E-state index < -0.39 is 37.0 Å². The molecule has 0 aliphatic heterocycles. The fourth-order valence-electron chi connectivity index (χ4n) is 1.39. The Hall–Kier alpha value is -1.93. The van der Waals surface area contributed by atoms with Crippen LogP contribution in [0.5, 0.6) is 0 Å². The Morgan fingerprint density at radius 1 is 1.27 bits per heavy atom. The van der Waals surface area contributed by atoms with Crippen molar-refractivity contribution in [3.05, 3.63) is 30.3 Å². The maximum absolute atomic E-state index is 12.9. The van der Waals surface area contributed by atoms with E-state index in [4.69, 9.17) is 5.73 Å². The second-order valence-corrected chi connectivity index (χ2v) is 4.46. The Morgan fingerprint density at radius 3 is 2.41 bits per heavy atom. The van der Waals surface area contributed by atoms with Crippen LogP contribution in [0.25, 0.3) is 0 Å². The van der Waals surface area contributed by atoms with Crippen molar-refractivity contribution in [1.29, 1.82) is 0 Å². The molecule has 0 heterocycles. The van der Waals surface area contributed by atoms with Crippen molar-refractivity contribution in [2.24, 2.45) is 5.73 Å². The Morgan fingerprint density at radius 2 is 1.86 bits per heavy atom. The fraction of sp³-hybridized carbons (Fsp3) is 0.385. The molecule has 0 radical (unpaired) electrons. The van der Waals surface area contributed by atoms with E-state index in [1.165, 1.54) is 6.92 Å². The molecule has 6 nitrogen and oxygen atoms in total. The third-order valence-electron chi connectivity index (χ3n) is 2.59. The average Bonchev–Trinajstić information content (AvgIpc) is 2.45. The van der Waals surface area contributed by atoms with Crippen LogP contribution in [0.15, 0.2) is 30.3 Å². The highest BCUT2D eigenvalue weighted by Gasteiger charge is 2.28. The van der Waals surface area contributed by atoms with Gasteiger partial charge in [-0.2, -0.15) is 0 Å². The minimum atomic E-state index is -3.17. The number of carbonyl (C=O) groups excluding carboxylic acids is 2. The van der Waals surface area contributed by atoms with Crippen LogP contribution in [-0.2, 0) is 4.79 Å². The molecule has 124 valence electrons. The van der Waals surface area contributed by atoms with Gasteiger partial charge in [0.1, 0.15) is 6.04 Å². The lowest BCUT2D eigenvalue weighted by atomic mass is 10.3. The third kappa shape index (κ3) is 7.19. The van der Waals surface area contributed by atoms with Crippen molar-refractivity contribution < 1.29 is 18.4 Å². The van der Waals surface area contributed by atoms with Crippen molar-refractivity contribution in [2.45, 2.75) is 18.9 Å². The number of benzene rings is 1. The molecule has 1 aromatic carbocycles. The third-order valence-corrected chi connectivity index (χ3v) is 2.59. The van der Waals surface area contributed by atoms with Crippen LogP contribution in [0, 0.1) is 0 Å². The largest absolute Gasteiger partial charge is 0.348 e. The first-order valence-corrected chi connectivity index (χ1v) is 6.32. The van der Waals surface area contributed by atoms with Crippen molar-refractivity contribution in [3.63, 3.8) is 0 Å². The molecule has 1 atom stereocenters. The Kier molecular flexibility index (Phi) is 8.36. The number of carbonyl (C=O) groups is 2. The Balaban J connectivity index is 0.00000441. The van der Waals surface area contributed by atoms with E-state index in [1.54, 1.807) is 30.3 Å². The van der Waals surface area contributed by atoms with Crippen LogP contribution >= 0.6 is 12.4 Å². The number of para-hydroxylation sites is 1. The smallest absolute Gasteiger partial charge is 0.319 e. The molecule has 0 saturated carbocycles. The summed E-state index contributed by atoms with van der Waals surface area (Å²) in [7, 11) is 0. The zero-order valence-electron chi connectivity index (χ0n) is 11.9. The van der Waals surface area contributed by atoms with Crippen LogP contribution in [0.3, 0.4) is 0 Å². The van der Waals surface area contributed by atoms with E-state index in [2.05, 4.69) is 10.6 Å². The summed E-state index contributed by atoms with van der Waals surface area (Å²) >= 11 is 0. The SMILES string of the molecule is CC(NC(=O)Nc1ccccc1)C(=O)NCC(F)(F)CN.Cl. The standard InChI is InChI=1S/C13H18F2N4O2.ClH/c1-9(11(20)17-8-13(14,15)7-16)18-12(21)19-10-5-3-2-4-6-10;/h2-6,9H,7-8,16H2,1H3,(H,17,20)(H2,18,19,21);1H. The maximum Gasteiger partial charge on any atom is 0.319 e. The minimum absolute atomic E-state index is 0. The van der Waals surface area contributed by atoms with Crippen molar-refractivity contribution >= 4 is 30.0 Å². The number of amides is 3. The average molecular weight is 337 g/mol. The highest BCUT2D eigenvalue weighted by molar-refractivity contribution is 5.93. The van der Waals surface area contributed by atoms with Crippen molar-refractivity contribution in [1.82, 2.24) is 10.6 Å². The normalized spacial score (nSPS) is 11.8. The predicted molar refractivity (Wildman–Crippen MR) is 82.3 cm³/mol. The van der Waals surface area contributed by atoms with E-state index in [1.807, 2.05) is 5.32 Å². The summed E-state index contributed by atoms with van der Waals surface area (Å²) in [6.07, 6.45) is 0. The number of rotatable bonds is 6. The molecule has 22 heavy (non-hydrogen) atoms. The maximum atomic E-state index is 12.9. The number of alkyl halides is 2. The first kappa shape index (κ1) is 20.1. The van der Waals surface area contributed by atoms with Gasteiger partial charge in [-0.05, 0) is 19.1 Å². The van der Waals surface area contributed by atoms with Gasteiger partial charge >= 0.3 is 6.03 Å². The number of urea groups is 1. The number of anilines is 1. The molecular formula is C13H19ClF2N4O2. The monoisotopic (exact) mass is 336 g/mol. The van der Waals surface area contributed by atoms with Gasteiger partial charge in [-0.3, -0.25) is 4.79 Å². The topological polar surface area (TPSA) is 96.2 Å². The zero-order valence-corrected chi connectivity index (χ0v) is 12.8. The summed E-state index contributed by atoms with van der Waals surface area (Å²) in [5, 5.41) is 6.89. The summed E-state index contributed by atoms with van der Waals surface area (Å²) < 4.78 is 25.8. The predicted octanol–water partition coefficient (Wildman–Crippen LogP) is 1.33. The molecule has 5 N–H and O–H groups in total. The van der Waals surface area contributed by atoms with Gasteiger partial charge in [0.05, 0.1) is 13.1 Å². The molecule has 0 aliphatic rings. The van der Waals surface area contributed by atoms with Crippen molar-refractivity contribution in [3.8, 4) is 0 Å². The van der Waals surface area contributed by atoms with Gasteiger partial charge in [-0.1, -0.05) is 18.2 Å². The van der Waals surface area contributed by atoms with Gasteiger partial charge < -0.3 is 21.7 Å². The van der Waals surface area contributed by atoms with E-state index >= 15 is 0 Å². The molecular weight excluding hydrogens is 318 g/mol. The fourth-order valence-corrected chi connectivity index (χ4v) is 1.39. The quantitative estimate of drug-likeness (QED) is 0.631. The molecule has 1 rings (SSSR count). The molecule has 9 heteroatoms. The highest BCUT2D eigenvalue weighted by Crippen LogP contribution is 2.08. The van der Waals surface area contributed by atoms with Crippen LogP contribution in [-0.4, -0.2) is 37.0 Å². The minimum Gasteiger partial charge on any atom is -0.348 e. The summed E-state index contributed by atoms with van der Waals surface area (Å²) in [6.45, 7) is -0.335. The first-order valence-electron chi connectivity index (χ1n) is 6.32. The van der Waals surface area contributed by atoms with Gasteiger partial charge in [0.15, 0.2) is 0 Å². The molecule has 0 aliphatic carbocycles.